The number of nitrogens with one attached hydrogen (secondary N) is 1. The molecule has 1 aliphatic heterocycles. The quantitative estimate of drug-likeness (QED) is 0.751. The SMILES string of the molecule is COCCNC(C(N)=O)c1cc(Br)c2c(c1)OCCO2. The maximum absolute atomic E-state index is 11.6. The van der Waals surface area contributed by atoms with Crippen LogP contribution < -0.4 is 20.5 Å². The van der Waals surface area contributed by atoms with Crippen LogP contribution in [0.4, 0.5) is 0 Å². The number of rotatable bonds is 6. The second-order valence-electron chi connectivity index (χ2n) is 4.31. The van der Waals surface area contributed by atoms with Gasteiger partial charge in [0.05, 0.1) is 11.1 Å². The van der Waals surface area contributed by atoms with Gasteiger partial charge in [0.2, 0.25) is 5.91 Å². The molecule has 0 saturated heterocycles. The Kier molecular flexibility index (Phi) is 5.22. The number of amides is 1. The largest absolute Gasteiger partial charge is 0.486 e. The molecule has 0 aliphatic carbocycles. The van der Waals surface area contributed by atoms with E-state index in [-0.39, 0.29) is 0 Å². The van der Waals surface area contributed by atoms with Gasteiger partial charge < -0.3 is 19.9 Å². The van der Waals surface area contributed by atoms with Crippen molar-refractivity contribution in [2.24, 2.45) is 5.73 Å². The lowest BCUT2D eigenvalue weighted by molar-refractivity contribution is -0.120. The molecule has 0 radical (unpaired) electrons. The van der Waals surface area contributed by atoms with E-state index >= 15 is 0 Å². The summed E-state index contributed by atoms with van der Waals surface area (Å²) < 4.78 is 16.8. The smallest absolute Gasteiger partial charge is 0.239 e. The Balaban J connectivity index is 2.24. The summed E-state index contributed by atoms with van der Waals surface area (Å²) in [6.07, 6.45) is 0. The topological polar surface area (TPSA) is 82.8 Å². The number of primary amides is 1. The second-order valence-corrected chi connectivity index (χ2v) is 5.16. The Morgan fingerprint density at radius 3 is 2.95 bits per heavy atom. The predicted molar refractivity (Wildman–Crippen MR) is 76.9 cm³/mol. The van der Waals surface area contributed by atoms with Gasteiger partial charge in [-0.05, 0) is 33.6 Å². The van der Waals surface area contributed by atoms with Gasteiger partial charge in [0, 0.05) is 13.7 Å². The summed E-state index contributed by atoms with van der Waals surface area (Å²) in [7, 11) is 1.60. The van der Waals surface area contributed by atoms with Crippen molar-refractivity contribution in [2.45, 2.75) is 6.04 Å². The van der Waals surface area contributed by atoms with Gasteiger partial charge in [0.1, 0.15) is 19.3 Å². The summed E-state index contributed by atoms with van der Waals surface area (Å²) in [6, 6.07) is 2.98. The molecule has 6 nitrogen and oxygen atoms in total. The molecule has 3 N–H and O–H groups in total. The third-order valence-electron chi connectivity index (χ3n) is 2.89. The molecular formula is C13H17BrN2O4. The van der Waals surface area contributed by atoms with Gasteiger partial charge in [0.25, 0.3) is 0 Å². The summed E-state index contributed by atoms with van der Waals surface area (Å²) in [5.41, 5.74) is 6.17. The fourth-order valence-corrected chi connectivity index (χ4v) is 2.56. The van der Waals surface area contributed by atoms with Gasteiger partial charge in [-0.3, -0.25) is 10.1 Å². The molecule has 1 heterocycles. The first-order valence-corrected chi connectivity index (χ1v) is 7.03. The second kappa shape index (κ2) is 6.92. The maximum Gasteiger partial charge on any atom is 0.239 e. The molecule has 20 heavy (non-hydrogen) atoms. The minimum absolute atomic E-state index is 0.454. The van der Waals surface area contributed by atoms with Crippen LogP contribution in [0.25, 0.3) is 0 Å². The van der Waals surface area contributed by atoms with E-state index in [0.29, 0.717) is 37.9 Å². The van der Waals surface area contributed by atoms with Gasteiger partial charge in [0.15, 0.2) is 11.5 Å². The van der Waals surface area contributed by atoms with E-state index < -0.39 is 11.9 Å². The number of fused-ring (bicyclic) bond motifs is 1. The summed E-state index contributed by atoms with van der Waals surface area (Å²) in [5.74, 6) is 0.810. The lowest BCUT2D eigenvalue weighted by Gasteiger charge is -2.22. The van der Waals surface area contributed by atoms with Crippen LogP contribution in [0.15, 0.2) is 16.6 Å². The molecule has 0 aromatic heterocycles. The van der Waals surface area contributed by atoms with Crippen molar-refractivity contribution in [2.75, 3.05) is 33.5 Å². The number of carbonyl (C=O) groups is 1. The lowest BCUT2D eigenvalue weighted by atomic mass is 10.1. The molecule has 1 atom stereocenters. The highest BCUT2D eigenvalue weighted by Gasteiger charge is 2.23. The number of benzene rings is 1. The van der Waals surface area contributed by atoms with E-state index in [4.69, 9.17) is 19.9 Å². The Bertz CT molecular complexity index is 496. The van der Waals surface area contributed by atoms with E-state index in [0.717, 1.165) is 10.0 Å². The summed E-state index contributed by atoms with van der Waals surface area (Å²) in [4.78, 5) is 11.6. The molecule has 0 bridgehead atoms. The minimum atomic E-state index is -0.600. The third-order valence-corrected chi connectivity index (χ3v) is 3.48. The van der Waals surface area contributed by atoms with Crippen LogP contribution in [0.1, 0.15) is 11.6 Å². The van der Waals surface area contributed by atoms with Crippen molar-refractivity contribution < 1.29 is 19.0 Å². The molecule has 0 saturated carbocycles. The van der Waals surface area contributed by atoms with E-state index in [9.17, 15) is 4.79 Å². The lowest BCUT2D eigenvalue weighted by Crippen LogP contribution is -2.35. The predicted octanol–water partition coefficient (Wildman–Crippen LogP) is 0.983. The molecule has 1 unspecified atom stereocenters. The molecule has 2 rings (SSSR count). The fourth-order valence-electron chi connectivity index (χ4n) is 1.99. The zero-order valence-corrected chi connectivity index (χ0v) is 12.7. The molecule has 1 aromatic carbocycles. The Morgan fingerprint density at radius 1 is 1.50 bits per heavy atom. The van der Waals surface area contributed by atoms with Gasteiger partial charge in [-0.2, -0.15) is 0 Å². The van der Waals surface area contributed by atoms with Crippen molar-refractivity contribution in [1.82, 2.24) is 5.32 Å². The molecule has 1 aromatic rings. The van der Waals surface area contributed by atoms with Crippen LogP contribution in [-0.4, -0.2) is 39.4 Å². The Labute approximate surface area is 125 Å². The molecule has 7 heteroatoms. The van der Waals surface area contributed by atoms with E-state index in [1.54, 1.807) is 13.2 Å². The summed E-state index contributed by atoms with van der Waals surface area (Å²) in [6.45, 7) is 2.02. The highest BCUT2D eigenvalue weighted by molar-refractivity contribution is 9.10. The molecule has 1 aliphatic rings. The Morgan fingerprint density at radius 2 is 2.25 bits per heavy atom. The molecule has 0 fully saturated rings. The normalized spacial score (nSPS) is 14.9. The number of hydrogen-bond acceptors (Lipinski definition) is 5. The number of nitrogens with two attached hydrogens (primary N) is 1. The fraction of sp³-hybridized carbons (Fsp3) is 0.462. The summed E-state index contributed by atoms with van der Waals surface area (Å²) in [5, 5.41) is 3.05. The van der Waals surface area contributed by atoms with Crippen LogP contribution >= 0.6 is 15.9 Å². The highest BCUT2D eigenvalue weighted by Crippen LogP contribution is 2.39. The zero-order valence-electron chi connectivity index (χ0n) is 11.1. The molecule has 0 spiro atoms. The average Bonchev–Trinajstić information content (AvgIpc) is 2.43. The third kappa shape index (κ3) is 3.41. The van der Waals surface area contributed by atoms with Crippen molar-refractivity contribution in [3.05, 3.63) is 22.2 Å². The van der Waals surface area contributed by atoms with Crippen molar-refractivity contribution in [3.63, 3.8) is 0 Å². The standard InChI is InChI=1S/C13H17BrN2O4/c1-18-3-2-16-11(13(15)17)8-6-9(14)12-10(7-8)19-4-5-20-12/h6-7,11,16H,2-5H2,1H3,(H2,15,17). The maximum atomic E-state index is 11.6. The molecule has 1 amide bonds. The number of hydrogen-bond donors (Lipinski definition) is 2. The van der Waals surface area contributed by atoms with Crippen molar-refractivity contribution in [1.29, 1.82) is 0 Å². The first kappa shape index (κ1) is 15.1. The van der Waals surface area contributed by atoms with Gasteiger partial charge in [-0.15, -0.1) is 0 Å². The van der Waals surface area contributed by atoms with Crippen LogP contribution in [0.5, 0.6) is 11.5 Å². The van der Waals surface area contributed by atoms with Crippen LogP contribution in [0, 0.1) is 0 Å². The highest BCUT2D eigenvalue weighted by atomic mass is 79.9. The van der Waals surface area contributed by atoms with Gasteiger partial charge in [-0.1, -0.05) is 0 Å². The molecular weight excluding hydrogens is 328 g/mol. The summed E-state index contributed by atoms with van der Waals surface area (Å²) >= 11 is 3.42. The average molecular weight is 345 g/mol. The van der Waals surface area contributed by atoms with E-state index in [1.165, 1.54) is 0 Å². The number of carbonyl (C=O) groups excluding carboxylic acids is 1. The monoisotopic (exact) mass is 344 g/mol. The number of ether oxygens (including phenoxy) is 3. The minimum Gasteiger partial charge on any atom is -0.486 e. The molecule has 110 valence electrons. The van der Waals surface area contributed by atoms with Gasteiger partial charge in [-0.25, -0.2) is 0 Å². The number of methoxy groups -OCH3 is 1. The van der Waals surface area contributed by atoms with Gasteiger partial charge >= 0.3 is 0 Å². The van der Waals surface area contributed by atoms with Crippen LogP contribution in [0.3, 0.4) is 0 Å². The zero-order chi connectivity index (χ0) is 14.5. The number of halogens is 1. The first-order valence-electron chi connectivity index (χ1n) is 6.24. The first-order chi connectivity index (χ1) is 9.63. The van der Waals surface area contributed by atoms with Crippen LogP contribution in [0.2, 0.25) is 0 Å². The van der Waals surface area contributed by atoms with Crippen molar-refractivity contribution >= 4 is 21.8 Å². The van der Waals surface area contributed by atoms with E-state index in [2.05, 4.69) is 21.2 Å². The van der Waals surface area contributed by atoms with E-state index in [1.807, 2.05) is 6.07 Å². The Hall–Kier alpha value is -1.31. The van der Waals surface area contributed by atoms with Crippen molar-refractivity contribution in [3.8, 4) is 11.5 Å². The van der Waals surface area contributed by atoms with Crippen LogP contribution in [-0.2, 0) is 9.53 Å².